The first kappa shape index (κ1) is 17.2. The van der Waals surface area contributed by atoms with Crippen LogP contribution in [0.1, 0.15) is 22.8 Å². The van der Waals surface area contributed by atoms with Crippen molar-refractivity contribution in [1.82, 2.24) is 0 Å². The van der Waals surface area contributed by atoms with Crippen molar-refractivity contribution in [2.75, 3.05) is 0 Å². The van der Waals surface area contributed by atoms with Gasteiger partial charge in [-0.05, 0) is 34.9 Å². The van der Waals surface area contributed by atoms with Gasteiger partial charge in [-0.25, -0.2) is 4.79 Å². The van der Waals surface area contributed by atoms with Gasteiger partial charge in [0.25, 0.3) is 0 Å². The van der Waals surface area contributed by atoms with Gasteiger partial charge in [0.15, 0.2) is 6.10 Å². The van der Waals surface area contributed by atoms with Crippen LogP contribution in [-0.2, 0) is 9.53 Å². The lowest BCUT2D eigenvalue weighted by molar-refractivity contribution is -0.141. The van der Waals surface area contributed by atoms with Crippen molar-refractivity contribution in [2.24, 2.45) is 0 Å². The van der Waals surface area contributed by atoms with Gasteiger partial charge < -0.3 is 4.74 Å². The molecule has 0 amide bonds. The van der Waals surface area contributed by atoms with E-state index >= 15 is 0 Å². The van der Waals surface area contributed by atoms with Crippen LogP contribution in [0.4, 0.5) is 0 Å². The summed E-state index contributed by atoms with van der Waals surface area (Å²) in [6, 6.07) is 27.2. The molecule has 1 atom stereocenters. The summed E-state index contributed by atoms with van der Waals surface area (Å²) in [5, 5.41) is 0. The van der Waals surface area contributed by atoms with E-state index in [0.29, 0.717) is 0 Å². The minimum absolute atomic E-state index is 0.374. The smallest absolute Gasteiger partial charge is 0.331 e. The normalized spacial score (nSPS) is 12.0. The molecule has 0 spiro atoms. The van der Waals surface area contributed by atoms with Crippen molar-refractivity contribution in [1.29, 1.82) is 0 Å². The Morgan fingerprint density at radius 3 is 2.00 bits per heavy atom. The summed E-state index contributed by atoms with van der Waals surface area (Å²) in [7, 11) is 0. The molecule has 0 radical (unpaired) electrons. The van der Waals surface area contributed by atoms with E-state index in [1.165, 1.54) is 6.08 Å². The predicted molar refractivity (Wildman–Crippen MR) is 104 cm³/mol. The van der Waals surface area contributed by atoms with Gasteiger partial charge in [-0.3, -0.25) is 0 Å². The standard InChI is InChI=1S/C22H17BrO2/c23-20-14-12-19(13-15-20)22(18-9-5-2-6-10-18)25-21(24)16-11-17-7-3-1-4-8-17/h1-16,22H/b16-11+/t22-/m0/s1. The van der Waals surface area contributed by atoms with Crippen LogP contribution in [0.25, 0.3) is 6.08 Å². The molecule has 25 heavy (non-hydrogen) atoms. The molecule has 124 valence electrons. The fourth-order valence-corrected chi connectivity index (χ4v) is 2.74. The van der Waals surface area contributed by atoms with Crippen LogP contribution in [0.2, 0.25) is 0 Å². The number of halogens is 1. The largest absolute Gasteiger partial charge is 0.449 e. The Kier molecular flexibility index (Phi) is 5.81. The molecule has 0 unspecified atom stereocenters. The molecule has 0 saturated heterocycles. The van der Waals surface area contributed by atoms with Crippen molar-refractivity contribution in [3.8, 4) is 0 Å². The number of carbonyl (C=O) groups excluding carboxylic acids is 1. The Labute approximate surface area is 155 Å². The minimum Gasteiger partial charge on any atom is -0.449 e. The molecule has 0 fully saturated rings. The highest BCUT2D eigenvalue weighted by atomic mass is 79.9. The highest BCUT2D eigenvalue weighted by molar-refractivity contribution is 9.10. The highest BCUT2D eigenvalue weighted by Crippen LogP contribution is 2.27. The Balaban J connectivity index is 1.81. The maximum atomic E-state index is 12.3. The zero-order valence-corrected chi connectivity index (χ0v) is 15.1. The second kappa shape index (κ2) is 8.45. The first-order valence-corrected chi connectivity index (χ1v) is 8.76. The molecule has 0 saturated carbocycles. The number of benzene rings is 3. The molecule has 0 aliphatic rings. The lowest BCUT2D eigenvalue weighted by Gasteiger charge is -2.18. The third-order valence-corrected chi connectivity index (χ3v) is 4.25. The lowest BCUT2D eigenvalue weighted by Crippen LogP contribution is -2.10. The molecule has 0 bridgehead atoms. The van der Waals surface area contributed by atoms with Crippen molar-refractivity contribution in [3.63, 3.8) is 0 Å². The fourth-order valence-electron chi connectivity index (χ4n) is 2.48. The molecule has 0 N–H and O–H groups in total. The number of carbonyl (C=O) groups is 1. The molecule has 0 aliphatic carbocycles. The second-order valence-corrected chi connectivity index (χ2v) is 6.44. The van der Waals surface area contributed by atoms with Crippen molar-refractivity contribution < 1.29 is 9.53 Å². The molecular formula is C22H17BrO2. The Bertz CT molecular complexity index is 840. The summed E-state index contributed by atoms with van der Waals surface area (Å²) in [5.41, 5.74) is 2.82. The van der Waals surface area contributed by atoms with Crippen molar-refractivity contribution in [2.45, 2.75) is 6.10 Å². The Hall–Kier alpha value is -2.65. The van der Waals surface area contributed by atoms with E-state index in [1.54, 1.807) is 6.08 Å². The van der Waals surface area contributed by atoms with Crippen LogP contribution in [0.5, 0.6) is 0 Å². The third kappa shape index (κ3) is 4.91. The van der Waals surface area contributed by atoms with Gasteiger partial charge in [0.2, 0.25) is 0 Å². The first-order chi connectivity index (χ1) is 12.2. The SMILES string of the molecule is O=C(/C=C/c1ccccc1)O[C@@H](c1ccccc1)c1ccc(Br)cc1. The molecule has 0 aromatic heterocycles. The molecule has 3 heteroatoms. The average molecular weight is 393 g/mol. The second-order valence-electron chi connectivity index (χ2n) is 5.52. The molecular weight excluding hydrogens is 376 g/mol. The van der Waals surface area contributed by atoms with Crippen molar-refractivity contribution >= 4 is 28.0 Å². The van der Waals surface area contributed by atoms with E-state index in [1.807, 2.05) is 84.9 Å². The number of hydrogen-bond donors (Lipinski definition) is 0. The molecule has 0 heterocycles. The van der Waals surface area contributed by atoms with E-state index in [9.17, 15) is 4.79 Å². The average Bonchev–Trinajstić information content (AvgIpc) is 2.67. The van der Waals surface area contributed by atoms with Gasteiger partial charge in [-0.15, -0.1) is 0 Å². The predicted octanol–water partition coefficient (Wildman–Crippen LogP) is 5.80. The van der Waals surface area contributed by atoms with E-state index in [4.69, 9.17) is 4.74 Å². The summed E-state index contributed by atoms with van der Waals surface area (Å²) in [4.78, 5) is 12.3. The summed E-state index contributed by atoms with van der Waals surface area (Å²) >= 11 is 3.43. The van der Waals surface area contributed by atoms with E-state index < -0.39 is 6.10 Å². The molecule has 3 aromatic rings. The van der Waals surface area contributed by atoms with Crippen LogP contribution < -0.4 is 0 Å². The van der Waals surface area contributed by atoms with E-state index in [2.05, 4.69) is 15.9 Å². The summed E-state index contributed by atoms with van der Waals surface area (Å²) in [5.74, 6) is -0.374. The van der Waals surface area contributed by atoms with E-state index in [-0.39, 0.29) is 5.97 Å². The van der Waals surface area contributed by atoms with Crippen LogP contribution in [0.3, 0.4) is 0 Å². The maximum absolute atomic E-state index is 12.3. The first-order valence-electron chi connectivity index (χ1n) is 7.96. The fraction of sp³-hybridized carbons (Fsp3) is 0.0455. The van der Waals surface area contributed by atoms with Crippen LogP contribution in [0.15, 0.2) is 95.5 Å². The van der Waals surface area contributed by atoms with Gasteiger partial charge in [0.05, 0.1) is 0 Å². The van der Waals surface area contributed by atoms with Gasteiger partial charge in [0, 0.05) is 10.5 Å². The number of ether oxygens (including phenoxy) is 1. The summed E-state index contributed by atoms with van der Waals surface area (Å²) in [6.07, 6.45) is 2.78. The van der Waals surface area contributed by atoms with E-state index in [0.717, 1.165) is 21.2 Å². The minimum atomic E-state index is -0.442. The van der Waals surface area contributed by atoms with Crippen LogP contribution in [-0.4, -0.2) is 5.97 Å². The topological polar surface area (TPSA) is 26.3 Å². The maximum Gasteiger partial charge on any atom is 0.331 e. The number of hydrogen-bond acceptors (Lipinski definition) is 2. The molecule has 3 aromatic carbocycles. The zero-order valence-electron chi connectivity index (χ0n) is 13.5. The highest BCUT2D eigenvalue weighted by Gasteiger charge is 2.17. The third-order valence-electron chi connectivity index (χ3n) is 3.72. The Morgan fingerprint density at radius 1 is 0.800 bits per heavy atom. The zero-order chi connectivity index (χ0) is 17.5. The summed E-state index contributed by atoms with van der Waals surface area (Å²) in [6.45, 7) is 0. The quantitative estimate of drug-likeness (QED) is 0.405. The number of rotatable bonds is 5. The lowest BCUT2D eigenvalue weighted by atomic mass is 10.0. The Morgan fingerprint density at radius 2 is 1.36 bits per heavy atom. The number of esters is 1. The van der Waals surface area contributed by atoms with Crippen LogP contribution >= 0.6 is 15.9 Å². The molecule has 3 rings (SSSR count). The monoisotopic (exact) mass is 392 g/mol. The van der Waals surface area contributed by atoms with Crippen molar-refractivity contribution in [3.05, 3.63) is 112 Å². The van der Waals surface area contributed by atoms with Crippen LogP contribution in [0, 0.1) is 0 Å². The molecule has 2 nitrogen and oxygen atoms in total. The van der Waals surface area contributed by atoms with Gasteiger partial charge >= 0.3 is 5.97 Å². The van der Waals surface area contributed by atoms with Gasteiger partial charge in [-0.1, -0.05) is 88.7 Å². The molecule has 0 aliphatic heterocycles. The van der Waals surface area contributed by atoms with Gasteiger partial charge in [-0.2, -0.15) is 0 Å². The summed E-state index contributed by atoms with van der Waals surface area (Å²) < 4.78 is 6.73. The van der Waals surface area contributed by atoms with Gasteiger partial charge in [0.1, 0.15) is 0 Å².